The molecule has 16 heavy (non-hydrogen) atoms. The number of anilines is 1. The first-order chi connectivity index (χ1) is 7.75. The summed E-state index contributed by atoms with van der Waals surface area (Å²) >= 11 is 3.33. The van der Waals surface area contributed by atoms with E-state index in [4.69, 9.17) is 4.74 Å². The topological polar surface area (TPSA) is 38.2 Å². The van der Waals surface area contributed by atoms with E-state index in [9.17, 15) is 0 Å². The van der Waals surface area contributed by atoms with Crippen molar-refractivity contribution >= 4 is 21.9 Å². The van der Waals surface area contributed by atoms with Crippen LogP contribution in [0.15, 0.2) is 16.9 Å². The summed E-state index contributed by atoms with van der Waals surface area (Å²) in [6, 6.07) is 0. The zero-order valence-electron chi connectivity index (χ0n) is 9.40. The van der Waals surface area contributed by atoms with Crippen LogP contribution in [-0.4, -0.2) is 36.8 Å². The van der Waals surface area contributed by atoms with Gasteiger partial charge in [-0.25, -0.2) is 9.97 Å². The Morgan fingerprint density at radius 1 is 1.50 bits per heavy atom. The monoisotopic (exact) mass is 285 g/mol. The first-order valence-electron chi connectivity index (χ1n) is 5.52. The smallest absolute Gasteiger partial charge is 0.225 e. The number of halogens is 1. The Bertz CT molecular complexity index is 325. The van der Waals surface area contributed by atoms with E-state index in [2.05, 4.69) is 30.8 Å². The molecule has 88 valence electrons. The summed E-state index contributed by atoms with van der Waals surface area (Å²) in [5.74, 6) is 1.37. The molecular formula is C11H16BrN3O. The lowest BCUT2D eigenvalue weighted by Crippen LogP contribution is -2.31. The van der Waals surface area contributed by atoms with Gasteiger partial charge in [-0.15, -0.1) is 0 Å². The number of aromatic nitrogens is 2. The minimum atomic E-state index is 0.603. The highest BCUT2D eigenvalue weighted by Gasteiger charge is 2.16. The van der Waals surface area contributed by atoms with Crippen LogP contribution in [0, 0.1) is 5.92 Å². The SMILES string of the molecule is CN(CC1CCCOC1)c1ncc(Br)cn1. The second kappa shape index (κ2) is 5.59. The number of ether oxygens (including phenoxy) is 1. The van der Waals surface area contributed by atoms with Gasteiger partial charge in [-0.1, -0.05) is 0 Å². The Labute approximate surface area is 104 Å². The van der Waals surface area contributed by atoms with Gasteiger partial charge in [0.1, 0.15) is 0 Å². The highest BCUT2D eigenvalue weighted by atomic mass is 79.9. The van der Waals surface area contributed by atoms with Gasteiger partial charge in [0.15, 0.2) is 0 Å². The fraction of sp³-hybridized carbons (Fsp3) is 0.636. The van der Waals surface area contributed by atoms with Crippen LogP contribution < -0.4 is 4.90 Å². The number of nitrogens with zero attached hydrogens (tertiary/aromatic N) is 3. The molecule has 4 nitrogen and oxygen atoms in total. The lowest BCUT2D eigenvalue weighted by molar-refractivity contribution is 0.0575. The number of hydrogen-bond donors (Lipinski definition) is 0. The zero-order chi connectivity index (χ0) is 11.4. The fourth-order valence-electron chi connectivity index (χ4n) is 1.92. The van der Waals surface area contributed by atoms with Gasteiger partial charge in [-0.2, -0.15) is 0 Å². The predicted molar refractivity (Wildman–Crippen MR) is 66.5 cm³/mol. The molecule has 0 amide bonds. The van der Waals surface area contributed by atoms with Crippen molar-refractivity contribution in [1.82, 2.24) is 9.97 Å². The van der Waals surface area contributed by atoms with Crippen molar-refractivity contribution in [3.63, 3.8) is 0 Å². The van der Waals surface area contributed by atoms with Crippen LogP contribution >= 0.6 is 15.9 Å². The van der Waals surface area contributed by atoms with Gasteiger partial charge in [0.25, 0.3) is 0 Å². The Morgan fingerprint density at radius 2 is 2.25 bits per heavy atom. The molecular weight excluding hydrogens is 270 g/mol. The van der Waals surface area contributed by atoms with E-state index >= 15 is 0 Å². The summed E-state index contributed by atoms with van der Waals surface area (Å²) < 4.78 is 6.37. The van der Waals surface area contributed by atoms with E-state index in [0.717, 1.165) is 30.2 Å². The first kappa shape index (κ1) is 11.8. The Balaban J connectivity index is 1.91. The lowest BCUT2D eigenvalue weighted by Gasteiger charge is -2.27. The average Bonchev–Trinajstić information content (AvgIpc) is 2.31. The molecule has 0 bridgehead atoms. The van der Waals surface area contributed by atoms with E-state index in [1.807, 2.05) is 7.05 Å². The van der Waals surface area contributed by atoms with E-state index in [-0.39, 0.29) is 0 Å². The van der Waals surface area contributed by atoms with Crippen molar-refractivity contribution < 1.29 is 4.74 Å². The molecule has 2 rings (SSSR count). The molecule has 1 saturated heterocycles. The van der Waals surface area contributed by atoms with Crippen LogP contribution in [0.5, 0.6) is 0 Å². The summed E-state index contributed by atoms with van der Waals surface area (Å²) in [5.41, 5.74) is 0. The van der Waals surface area contributed by atoms with Crippen molar-refractivity contribution in [2.45, 2.75) is 12.8 Å². The molecule has 0 aliphatic carbocycles. The standard InChI is InChI=1S/C11H16BrN3O/c1-15(7-9-3-2-4-16-8-9)11-13-5-10(12)6-14-11/h5-6,9H,2-4,7-8H2,1H3. The number of hydrogen-bond acceptors (Lipinski definition) is 4. The minimum absolute atomic E-state index is 0.603. The second-order valence-electron chi connectivity index (χ2n) is 4.16. The maximum absolute atomic E-state index is 5.46. The summed E-state index contributed by atoms with van der Waals surface area (Å²) in [4.78, 5) is 10.6. The maximum Gasteiger partial charge on any atom is 0.225 e. The summed E-state index contributed by atoms with van der Waals surface area (Å²) in [7, 11) is 2.03. The third-order valence-corrected chi connectivity index (χ3v) is 3.14. The summed E-state index contributed by atoms with van der Waals surface area (Å²) in [5, 5.41) is 0. The van der Waals surface area contributed by atoms with Crippen LogP contribution in [0.25, 0.3) is 0 Å². The van der Waals surface area contributed by atoms with Crippen LogP contribution in [0.1, 0.15) is 12.8 Å². The molecule has 1 aliphatic heterocycles. The van der Waals surface area contributed by atoms with Gasteiger partial charge in [0.2, 0.25) is 5.95 Å². The Kier molecular flexibility index (Phi) is 4.12. The molecule has 1 aromatic rings. The van der Waals surface area contributed by atoms with Crippen molar-refractivity contribution in [3.8, 4) is 0 Å². The first-order valence-corrected chi connectivity index (χ1v) is 6.31. The van der Waals surface area contributed by atoms with Gasteiger partial charge in [0.05, 0.1) is 11.1 Å². The van der Waals surface area contributed by atoms with E-state index in [0.29, 0.717) is 5.92 Å². The summed E-state index contributed by atoms with van der Waals surface area (Å²) in [6.07, 6.45) is 5.95. The maximum atomic E-state index is 5.46. The van der Waals surface area contributed by atoms with E-state index in [1.54, 1.807) is 12.4 Å². The molecule has 0 N–H and O–H groups in total. The van der Waals surface area contributed by atoms with Crippen LogP contribution in [-0.2, 0) is 4.74 Å². The van der Waals surface area contributed by atoms with Crippen molar-refractivity contribution in [1.29, 1.82) is 0 Å². The lowest BCUT2D eigenvalue weighted by atomic mass is 10.0. The largest absolute Gasteiger partial charge is 0.381 e. The highest BCUT2D eigenvalue weighted by Crippen LogP contribution is 2.17. The summed E-state index contributed by atoms with van der Waals surface area (Å²) in [6.45, 7) is 2.73. The van der Waals surface area contributed by atoms with Gasteiger partial charge in [-0.05, 0) is 34.7 Å². The Morgan fingerprint density at radius 3 is 2.88 bits per heavy atom. The van der Waals surface area contributed by atoms with E-state index in [1.165, 1.54) is 12.8 Å². The van der Waals surface area contributed by atoms with Crippen molar-refractivity contribution in [2.24, 2.45) is 5.92 Å². The fourth-order valence-corrected chi connectivity index (χ4v) is 2.13. The molecule has 0 aromatic carbocycles. The molecule has 2 heterocycles. The van der Waals surface area contributed by atoms with Gasteiger partial charge in [0, 0.05) is 32.6 Å². The molecule has 1 aromatic heterocycles. The van der Waals surface area contributed by atoms with Crippen LogP contribution in [0.3, 0.4) is 0 Å². The second-order valence-corrected chi connectivity index (χ2v) is 5.08. The normalized spacial score (nSPS) is 20.8. The molecule has 0 spiro atoms. The third-order valence-electron chi connectivity index (χ3n) is 2.73. The molecule has 1 fully saturated rings. The Hall–Kier alpha value is -0.680. The minimum Gasteiger partial charge on any atom is -0.381 e. The number of rotatable bonds is 3. The van der Waals surface area contributed by atoms with Gasteiger partial charge >= 0.3 is 0 Å². The molecule has 1 aliphatic rings. The molecule has 1 atom stereocenters. The zero-order valence-corrected chi connectivity index (χ0v) is 11.0. The van der Waals surface area contributed by atoms with Crippen molar-refractivity contribution in [3.05, 3.63) is 16.9 Å². The molecule has 5 heteroatoms. The third kappa shape index (κ3) is 3.15. The molecule has 1 unspecified atom stereocenters. The van der Waals surface area contributed by atoms with E-state index < -0.39 is 0 Å². The van der Waals surface area contributed by atoms with Crippen molar-refractivity contribution in [2.75, 3.05) is 31.7 Å². The molecule has 0 radical (unpaired) electrons. The average molecular weight is 286 g/mol. The highest BCUT2D eigenvalue weighted by molar-refractivity contribution is 9.10. The van der Waals surface area contributed by atoms with Gasteiger partial charge in [-0.3, -0.25) is 0 Å². The molecule has 0 saturated carbocycles. The van der Waals surface area contributed by atoms with Gasteiger partial charge < -0.3 is 9.64 Å². The van der Waals surface area contributed by atoms with Crippen LogP contribution in [0.4, 0.5) is 5.95 Å². The predicted octanol–water partition coefficient (Wildman–Crippen LogP) is 2.10. The quantitative estimate of drug-likeness (QED) is 0.853. The van der Waals surface area contributed by atoms with Crippen LogP contribution in [0.2, 0.25) is 0 Å².